The van der Waals surface area contributed by atoms with Gasteiger partial charge >= 0.3 is 6.09 Å². The van der Waals surface area contributed by atoms with Crippen molar-refractivity contribution in [1.82, 2.24) is 14.8 Å². The minimum Gasteiger partial charge on any atom is -0.443 e. The van der Waals surface area contributed by atoms with Crippen molar-refractivity contribution in [1.29, 1.82) is 0 Å². The third-order valence-electron chi connectivity index (χ3n) is 5.88. The smallest absolute Gasteiger partial charge is 0.414 e. The first-order chi connectivity index (χ1) is 14.2. The minimum absolute atomic E-state index is 0.299. The van der Waals surface area contributed by atoms with E-state index in [0.29, 0.717) is 18.4 Å². The molecular formula is C24H33N3O3. The molecule has 1 fully saturated rings. The molecule has 1 aromatic heterocycles. The molecule has 2 aliphatic rings. The summed E-state index contributed by atoms with van der Waals surface area (Å²) in [5.74, 6) is 1.61. The lowest BCUT2D eigenvalue weighted by molar-refractivity contribution is 0.0327. The van der Waals surface area contributed by atoms with E-state index >= 15 is 0 Å². The fraction of sp³-hybridized carbons (Fsp3) is 0.583. The van der Waals surface area contributed by atoms with E-state index in [1.165, 1.54) is 0 Å². The zero-order chi connectivity index (χ0) is 21.5. The second-order valence-electron chi connectivity index (χ2n) is 9.83. The second kappa shape index (κ2) is 8.06. The van der Waals surface area contributed by atoms with Crippen molar-refractivity contribution >= 4 is 22.9 Å². The third kappa shape index (κ3) is 4.53. The maximum absolute atomic E-state index is 12.9. The Labute approximate surface area is 178 Å². The number of hydrogen-bond acceptors (Lipinski definition) is 5. The van der Waals surface area contributed by atoms with Crippen molar-refractivity contribution in [3.8, 4) is 0 Å². The van der Waals surface area contributed by atoms with E-state index in [0.717, 1.165) is 60.6 Å². The Morgan fingerprint density at radius 3 is 2.67 bits per heavy atom. The van der Waals surface area contributed by atoms with E-state index < -0.39 is 5.60 Å². The van der Waals surface area contributed by atoms with Crippen LogP contribution in [-0.2, 0) is 4.74 Å². The minimum atomic E-state index is -0.526. The summed E-state index contributed by atoms with van der Waals surface area (Å²) in [6.45, 7) is 10.6. The number of ether oxygens (including phenoxy) is 1. The van der Waals surface area contributed by atoms with Crippen LogP contribution >= 0.6 is 0 Å². The molecule has 0 saturated carbocycles. The molecule has 1 aromatic carbocycles. The van der Waals surface area contributed by atoms with Crippen LogP contribution in [0.4, 0.5) is 4.79 Å². The Bertz CT molecular complexity index is 948. The molecule has 162 valence electrons. The summed E-state index contributed by atoms with van der Waals surface area (Å²) in [7, 11) is 2.16. The van der Waals surface area contributed by atoms with Crippen LogP contribution < -0.4 is 0 Å². The van der Waals surface area contributed by atoms with Crippen LogP contribution in [0.2, 0.25) is 0 Å². The molecule has 1 atom stereocenters. The van der Waals surface area contributed by atoms with Crippen LogP contribution in [0.3, 0.4) is 0 Å². The number of aromatic nitrogens is 1. The Kier molecular flexibility index (Phi) is 5.62. The Morgan fingerprint density at radius 1 is 1.23 bits per heavy atom. The van der Waals surface area contributed by atoms with Crippen LogP contribution in [0, 0.1) is 5.92 Å². The molecule has 2 aliphatic heterocycles. The van der Waals surface area contributed by atoms with Crippen molar-refractivity contribution in [3.05, 3.63) is 35.7 Å². The number of fused-ring (bicyclic) bond motifs is 1. The van der Waals surface area contributed by atoms with E-state index in [4.69, 9.17) is 14.1 Å². The number of carbonyl (C=O) groups is 1. The molecule has 0 N–H and O–H groups in total. The number of oxazole rings is 1. The fourth-order valence-corrected chi connectivity index (χ4v) is 4.21. The molecule has 3 heterocycles. The van der Waals surface area contributed by atoms with Gasteiger partial charge in [0.1, 0.15) is 11.1 Å². The van der Waals surface area contributed by atoms with Gasteiger partial charge in [-0.15, -0.1) is 0 Å². The lowest BCUT2D eigenvalue weighted by Crippen LogP contribution is -2.39. The van der Waals surface area contributed by atoms with Crippen molar-refractivity contribution < 1.29 is 13.9 Å². The first kappa shape index (κ1) is 20.9. The number of benzene rings is 1. The van der Waals surface area contributed by atoms with E-state index in [-0.39, 0.29) is 6.09 Å². The van der Waals surface area contributed by atoms with Gasteiger partial charge < -0.3 is 14.1 Å². The van der Waals surface area contributed by atoms with E-state index in [2.05, 4.69) is 24.9 Å². The number of likely N-dealkylation sites (tertiary alicyclic amines) is 1. The predicted octanol–water partition coefficient (Wildman–Crippen LogP) is 5.25. The summed E-state index contributed by atoms with van der Waals surface area (Å²) in [5.41, 5.74) is 3.00. The van der Waals surface area contributed by atoms with E-state index in [1.807, 2.05) is 39.0 Å². The van der Waals surface area contributed by atoms with Crippen LogP contribution in [0.25, 0.3) is 16.8 Å². The number of piperidine rings is 1. The van der Waals surface area contributed by atoms with Crippen molar-refractivity contribution in [2.75, 3.05) is 26.7 Å². The molecule has 6 nitrogen and oxygen atoms in total. The molecule has 1 amide bonds. The highest BCUT2D eigenvalue weighted by Crippen LogP contribution is 2.33. The maximum atomic E-state index is 12.9. The van der Waals surface area contributed by atoms with Gasteiger partial charge in [-0.2, -0.15) is 0 Å². The summed E-state index contributed by atoms with van der Waals surface area (Å²) < 4.78 is 11.8. The van der Waals surface area contributed by atoms with Crippen molar-refractivity contribution in [2.45, 2.75) is 58.5 Å². The zero-order valence-electron chi connectivity index (χ0n) is 18.8. The molecule has 0 bridgehead atoms. The number of rotatable bonds is 2. The highest BCUT2D eigenvalue weighted by atomic mass is 16.6. The average molecular weight is 412 g/mol. The highest BCUT2D eigenvalue weighted by molar-refractivity contribution is 5.86. The van der Waals surface area contributed by atoms with Gasteiger partial charge in [-0.05, 0) is 84.3 Å². The third-order valence-corrected chi connectivity index (χ3v) is 5.88. The number of carbonyl (C=O) groups excluding carboxylic acids is 1. The van der Waals surface area contributed by atoms with Gasteiger partial charge in [0.25, 0.3) is 0 Å². The molecule has 0 aliphatic carbocycles. The number of amides is 1. The van der Waals surface area contributed by atoms with Crippen LogP contribution in [0.5, 0.6) is 0 Å². The SMILES string of the molecule is C[C@H]1CC=C(c2ccc3oc(C4CCN(C)CC4)nc3c2)N(C(=O)OC(C)(C)C)C1. The predicted molar refractivity (Wildman–Crippen MR) is 118 cm³/mol. The normalized spacial score (nSPS) is 21.7. The van der Waals surface area contributed by atoms with Gasteiger partial charge in [0.2, 0.25) is 0 Å². The first-order valence-corrected chi connectivity index (χ1v) is 11.0. The molecule has 0 unspecified atom stereocenters. The molecule has 4 rings (SSSR count). The van der Waals surface area contributed by atoms with E-state index in [1.54, 1.807) is 4.90 Å². The Morgan fingerprint density at radius 2 is 1.97 bits per heavy atom. The number of hydrogen-bond donors (Lipinski definition) is 0. The lowest BCUT2D eigenvalue weighted by atomic mass is 9.97. The van der Waals surface area contributed by atoms with Crippen LogP contribution in [0.15, 0.2) is 28.7 Å². The van der Waals surface area contributed by atoms with Crippen LogP contribution in [0.1, 0.15) is 64.3 Å². The van der Waals surface area contributed by atoms with Crippen molar-refractivity contribution in [3.63, 3.8) is 0 Å². The molecular weight excluding hydrogens is 378 g/mol. The fourth-order valence-electron chi connectivity index (χ4n) is 4.21. The first-order valence-electron chi connectivity index (χ1n) is 11.0. The van der Waals surface area contributed by atoms with Crippen LogP contribution in [-0.4, -0.2) is 53.2 Å². The highest BCUT2D eigenvalue weighted by Gasteiger charge is 2.30. The standard InChI is InChI=1S/C24H33N3O3/c1-16-6-8-20(27(15-16)23(28)30-24(2,3)4)18-7-9-21-19(14-18)25-22(29-21)17-10-12-26(5)13-11-17/h7-9,14,16-17H,6,10-13,15H2,1-5H3/t16-/m0/s1. The van der Waals surface area contributed by atoms with Gasteiger partial charge in [0, 0.05) is 18.0 Å². The Balaban J connectivity index is 1.61. The molecule has 1 saturated heterocycles. The lowest BCUT2D eigenvalue weighted by Gasteiger charge is -2.33. The summed E-state index contributed by atoms with van der Waals surface area (Å²) >= 11 is 0. The van der Waals surface area contributed by atoms with Gasteiger partial charge in [-0.1, -0.05) is 13.0 Å². The second-order valence-corrected chi connectivity index (χ2v) is 9.83. The molecule has 0 spiro atoms. The largest absolute Gasteiger partial charge is 0.443 e. The molecule has 0 radical (unpaired) electrons. The number of allylic oxidation sites excluding steroid dienone is 1. The zero-order valence-corrected chi connectivity index (χ0v) is 18.8. The molecule has 2 aromatic rings. The van der Waals surface area contributed by atoms with Gasteiger partial charge in [0.05, 0.1) is 5.70 Å². The summed E-state index contributed by atoms with van der Waals surface area (Å²) in [6, 6.07) is 6.03. The monoisotopic (exact) mass is 411 g/mol. The van der Waals surface area contributed by atoms with Gasteiger partial charge in [0.15, 0.2) is 11.5 Å². The average Bonchev–Trinajstić information content (AvgIpc) is 3.10. The maximum Gasteiger partial charge on any atom is 0.414 e. The summed E-state index contributed by atoms with van der Waals surface area (Å²) in [6.07, 6.45) is 4.92. The topological polar surface area (TPSA) is 58.8 Å². The summed E-state index contributed by atoms with van der Waals surface area (Å²) in [5, 5.41) is 0. The Hall–Kier alpha value is -2.34. The van der Waals surface area contributed by atoms with Crippen molar-refractivity contribution in [2.24, 2.45) is 5.92 Å². The quantitative estimate of drug-likeness (QED) is 0.675. The summed E-state index contributed by atoms with van der Waals surface area (Å²) in [4.78, 5) is 21.8. The molecule has 30 heavy (non-hydrogen) atoms. The van der Waals surface area contributed by atoms with Gasteiger partial charge in [-0.25, -0.2) is 9.78 Å². The molecule has 6 heteroatoms. The van der Waals surface area contributed by atoms with Gasteiger partial charge in [-0.3, -0.25) is 4.90 Å². The van der Waals surface area contributed by atoms with E-state index in [9.17, 15) is 4.79 Å². The number of nitrogens with zero attached hydrogens (tertiary/aromatic N) is 3.